The molecule has 13 heavy (non-hydrogen) atoms. The summed E-state index contributed by atoms with van der Waals surface area (Å²) in [5.74, 6) is -0.151. The van der Waals surface area contributed by atoms with Crippen molar-refractivity contribution in [1.29, 1.82) is 0 Å². The second-order valence-corrected chi connectivity index (χ2v) is 3.33. The van der Waals surface area contributed by atoms with Crippen LogP contribution in [-0.4, -0.2) is 17.8 Å². The lowest BCUT2D eigenvalue weighted by Crippen LogP contribution is -2.29. The molecule has 0 bridgehead atoms. The predicted octanol–water partition coefficient (Wildman–Crippen LogP) is 1.54. The maximum atomic E-state index is 13.2. The van der Waals surface area contributed by atoms with Gasteiger partial charge in [0.15, 0.2) is 0 Å². The van der Waals surface area contributed by atoms with Gasteiger partial charge in [-0.1, -0.05) is 6.07 Å². The van der Waals surface area contributed by atoms with Crippen LogP contribution in [0, 0.1) is 5.82 Å². The van der Waals surface area contributed by atoms with Gasteiger partial charge in [-0.05, 0) is 25.0 Å². The van der Waals surface area contributed by atoms with Crippen LogP contribution in [0.3, 0.4) is 0 Å². The molecular weight excluding hydrogens is 169 g/mol. The molecule has 2 rings (SSSR count). The van der Waals surface area contributed by atoms with Crippen LogP contribution < -0.4 is 5.32 Å². The van der Waals surface area contributed by atoms with Crippen molar-refractivity contribution in [3.8, 4) is 0 Å². The van der Waals surface area contributed by atoms with E-state index in [-0.39, 0.29) is 18.5 Å². The Kier molecular flexibility index (Phi) is 2.19. The zero-order valence-electron chi connectivity index (χ0n) is 7.26. The standard InChI is InChI=1S/C10H12FNO/c11-9-2-1-3-10-8(9)5-4-7(6-13)12-10/h1-3,7,12-13H,4-6H2/t7-/m1/s1. The topological polar surface area (TPSA) is 32.3 Å². The maximum absolute atomic E-state index is 13.2. The van der Waals surface area contributed by atoms with E-state index in [9.17, 15) is 4.39 Å². The van der Waals surface area contributed by atoms with Gasteiger partial charge in [0.1, 0.15) is 5.82 Å². The molecule has 0 saturated carbocycles. The molecule has 1 heterocycles. The van der Waals surface area contributed by atoms with E-state index in [2.05, 4.69) is 5.32 Å². The summed E-state index contributed by atoms with van der Waals surface area (Å²) >= 11 is 0. The molecule has 0 amide bonds. The van der Waals surface area contributed by atoms with E-state index in [4.69, 9.17) is 5.11 Å². The molecule has 1 aliphatic rings. The molecule has 0 fully saturated rings. The van der Waals surface area contributed by atoms with Crippen molar-refractivity contribution in [1.82, 2.24) is 0 Å². The number of nitrogens with one attached hydrogen (secondary N) is 1. The lowest BCUT2D eigenvalue weighted by atomic mass is 9.98. The second kappa shape index (κ2) is 3.34. The molecule has 0 saturated heterocycles. The SMILES string of the molecule is OC[C@H]1CCc2c(F)cccc2N1. The van der Waals surface area contributed by atoms with Crippen molar-refractivity contribution in [3.63, 3.8) is 0 Å². The van der Waals surface area contributed by atoms with Gasteiger partial charge < -0.3 is 10.4 Å². The molecule has 1 aromatic carbocycles. The number of halogens is 1. The van der Waals surface area contributed by atoms with E-state index in [1.165, 1.54) is 6.07 Å². The number of aliphatic hydroxyl groups excluding tert-OH is 1. The summed E-state index contributed by atoms with van der Waals surface area (Å²) in [7, 11) is 0. The van der Waals surface area contributed by atoms with Gasteiger partial charge in [0.2, 0.25) is 0 Å². The number of fused-ring (bicyclic) bond motifs is 1. The highest BCUT2D eigenvalue weighted by Gasteiger charge is 2.18. The molecule has 3 heteroatoms. The molecule has 0 radical (unpaired) electrons. The molecule has 0 spiro atoms. The Balaban J connectivity index is 2.31. The van der Waals surface area contributed by atoms with Crippen LogP contribution in [0.5, 0.6) is 0 Å². The van der Waals surface area contributed by atoms with Crippen molar-refractivity contribution in [2.75, 3.05) is 11.9 Å². The van der Waals surface area contributed by atoms with Gasteiger partial charge in [-0.3, -0.25) is 0 Å². The van der Waals surface area contributed by atoms with E-state index in [0.29, 0.717) is 6.42 Å². The molecule has 2 nitrogen and oxygen atoms in total. The first kappa shape index (κ1) is 8.51. The number of hydrogen-bond donors (Lipinski definition) is 2. The molecule has 0 aliphatic carbocycles. The van der Waals surface area contributed by atoms with Gasteiger partial charge in [0.25, 0.3) is 0 Å². The van der Waals surface area contributed by atoms with Gasteiger partial charge in [0, 0.05) is 17.3 Å². The van der Waals surface area contributed by atoms with Crippen molar-refractivity contribution < 1.29 is 9.50 Å². The minimum absolute atomic E-state index is 0.0781. The summed E-state index contributed by atoms with van der Waals surface area (Å²) in [5, 5.41) is 12.0. The molecule has 1 aromatic rings. The third-order valence-electron chi connectivity index (χ3n) is 2.44. The normalized spacial score (nSPS) is 20.6. The Hall–Kier alpha value is -1.09. The first-order chi connectivity index (χ1) is 6.31. The Morgan fingerprint density at radius 2 is 2.38 bits per heavy atom. The summed E-state index contributed by atoms with van der Waals surface area (Å²) in [6.45, 7) is 0.107. The second-order valence-electron chi connectivity index (χ2n) is 3.33. The summed E-state index contributed by atoms with van der Waals surface area (Å²) in [4.78, 5) is 0. The monoisotopic (exact) mass is 181 g/mol. The summed E-state index contributed by atoms with van der Waals surface area (Å²) in [5.41, 5.74) is 1.57. The Morgan fingerprint density at radius 3 is 3.15 bits per heavy atom. The van der Waals surface area contributed by atoms with Crippen molar-refractivity contribution in [2.45, 2.75) is 18.9 Å². The Bertz CT molecular complexity index is 314. The van der Waals surface area contributed by atoms with Crippen molar-refractivity contribution >= 4 is 5.69 Å². The van der Waals surface area contributed by atoms with Crippen LogP contribution in [0.4, 0.5) is 10.1 Å². The molecule has 2 N–H and O–H groups in total. The minimum atomic E-state index is -0.151. The van der Waals surface area contributed by atoms with Crippen LogP contribution in [0.25, 0.3) is 0 Å². The maximum Gasteiger partial charge on any atom is 0.128 e. The number of hydrogen-bond acceptors (Lipinski definition) is 2. The highest BCUT2D eigenvalue weighted by atomic mass is 19.1. The van der Waals surface area contributed by atoms with Gasteiger partial charge in [-0.2, -0.15) is 0 Å². The van der Waals surface area contributed by atoms with Crippen LogP contribution in [0.2, 0.25) is 0 Å². The summed E-state index contributed by atoms with van der Waals surface area (Å²) < 4.78 is 13.2. The molecule has 70 valence electrons. The Labute approximate surface area is 76.4 Å². The molecule has 0 aromatic heterocycles. The fraction of sp³-hybridized carbons (Fsp3) is 0.400. The number of benzene rings is 1. The predicted molar refractivity (Wildman–Crippen MR) is 49.2 cm³/mol. The highest BCUT2D eigenvalue weighted by molar-refractivity contribution is 5.54. The average Bonchev–Trinajstić information content (AvgIpc) is 2.18. The number of rotatable bonds is 1. The first-order valence-corrected chi connectivity index (χ1v) is 4.46. The molecular formula is C10H12FNO. The van der Waals surface area contributed by atoms with Gasteiger partial charge in [0.05, 0.1) is 6.61 Å². The summed E-state index contributed by atoms with van der Waals surface area (Å²) in [6, 6.07) is 5.08. The van der Waals surface area contributed by atoms with E-state index in [1.807, 2.05) is 6.07 Å². The van der Waals surface area contributed by atoms with E-state index < -0.39 is 0 Å². The smallest absolute Gasteiger partial charge is 0.128 e. The molecule has 0 unspecified atom stereocenters. The van der Waals surface area contributed by atoms with E-state index >= 15 is 0 Å². The van der Waals surface area contributed by atoms with Crippen molar-refractivity contribution in [2.24, 2.45) is 0 Å². The van der Waals surface area contributed by atoms with Crippen LogP contribution in [-0.2, 0) is 6.42 Å². The van der Waals surface area contributed by atoms with Crippen LogP contribution in [0.15, 0.2) is 18.2 Å². The minimum Gasteiger partial charge on any atom is -0.394 e. The Morgan fingerprint density at radius 1 is 1.54 bits per heavy atom. The molecule has 1 atom stereocenters. The zero-order valence-corrected chi connectivity index (χ0v) is 7.26. The summed E-state index contributed by atoms with van der Waals surface area (Å²) in [6.07, 6.45) is 1.50. The largest absolute Gasteiger partial charge is 0.394 e. The highest BCUT2D eigenvalue weighted by Crippen LogP contribution is 2.26. The lowest BCUT2D eigenvalue weighted by Gasteiger charge is -2.25. The lowest BCUT2D eigenvalue weighted by molar-refractivity contribution is 0.266. The van der Waals surface area contributed by atoms with Gasteiger partial charge in [-0.15, -0.1) is 0 Å². The van der Waals surface area contributed by atoms with Crippen molar-refractivity contribution in [3.05, 3.63) is 29.6 Å². The van der Waals surface area contributed by atoms with Gasteiger partial charge in [-0.25, -0.2) is 4.39 Å². The first-order valence-electron chi connectivity index (χ1n) is 4.46. The average molecular weight is 181 g/mol. The number of anilines is 1. The molecule has 1 aliphatic heterocycles. The number of aliphatic hydroxyl groups is 1. The fourth-order valence-electron chi connectivity index (χ4n) is 1.70. The zero-order chi connectivity index (χ0) is 9.26. The van der Waals surface area contributed by atoms with E-state index in [0.717, 1.165) is 17.7 Å². The van der Waals surface area contributed by atoms with Gasteiger partial charge >= 0.3 is 0 Å². The third kappa shape index (κ3) is 1.52. The quantitative estimate of drug-likeness (QED) is 0.688. The van der Waals surface area contributed by atoms with Crippen LogP contribution >= 0.6 is 0 Å². The fourth-order valence-corrected chi connectivity index (χ4v) is 1.70. The van der Waals surface area contributed by atoms with Crippen LogP contribution in [0.1, 0.15) is 12.0 Å². The third-order valence-corrected chi connectivity index (χ3v) is 2.44. The van der Waals surface area contributed by atoms with E-state index in [1.54, 1.807) is 6.07 Å².